The van der Waals surface area contributed by atoms with Crippen LogP contribution in [0.4, 0.5) is 21.5 Å². The molecule has 7 nitrogen and oxygen atoms in total. The molecule has 0 bridgehead atoms. The number of nitrogens with zero attached hydrogens (tertiary/aromatic N) is 2. The zero-order valence-electron chi connectivity index (χ0n) is 11.8. The second kappa shape index (κ2) is 5.99. The standard InChI is InChI=1S/C14H10FIN4O3/c1-23-12-5-11-8(6-17-19-11)13(14(12)20(21)22)18-10-3-2-7(16)4-9(10)15/h2-6,18H,1H3,(H,17,19). The number of nitro groups is 1. The van der Waals surface area contributed by atoms with Crippen LogP contribution in [0.2, 0.25) is 0 Å². The van der Waals surface area contributed by atoms with Crippen LogP contribution in [0.15, 0.2) is 30.5 Å². The van der Waals surface area contributed by atoms with Crippen LogP contribution in [0.1, 0.15) is 0 Å². The lowest BCUT2D eigenvalue weighted by Crippen LogP contribution is -2.02. The monoisotopic (exact) mass is 428 g/mol. The number of aromatic amines is 1. The number of nitro benzene ring substituents is 1. The van der Waals surface area contributed by atoms with Crippen LogP contribution in [-0.4, -0.2) is 22.2 Å². The van der Waals surface area contributed by atoms with E-state index in [0.717, 1.165) is 3.57 Å². The summed E-state index contributed by atoms with van der Waals surface area (Å²) in [7, 11) is 1.33. The third kappa shape index (κ3) is 2.79. The third-order valence-corrected chi connectivity index (χ3v) is 3.95. The normalized spacial score (nSPS) is 10.7. The summed E-state index contributed by atoms with van der Waals surface area (Å²) < 4.78 is 19.9. The van der Waals surface area contributed by atoms with Gasteiger partial charge in [0.05, 0.1) is 34.8 Å². The lowest BCUT2D eigenvalue weighted by Gasteiger charge is -2.12. The van der Waals surface area contributed by atoms with Crippen molar-refractivity contribution in [3.05, 3.63) is 50.0 Å². The topological polar surface area (TPSA) is 93.1 Å². The Kier molecular flexibility index (Phi) is 4.03. The molecule has 1 heterocycles. The van der Waals surface area contributed by atoms with Gasteiger partial charge in [-0.25, -0.2) is 4.39 Å². The fraction of sp³-hybridized carbons (Fsp3) is 0.0714. The first-order valence-electron chi connectivity index (χ1n) is 6.41. The van der Waals surface area contributed by atoms with Crippen molar-refractivity contribution in [2.24, 2.45) is 0 Å². The first-order chi connectivity index (χ1) is 11.0. The lowest BCUT2D eigenvalue weighted by molar-refractivity contribution is -0.384. The maximum Gasteiger partial charge on any atom is 0.334 e. The number of ether oxygens (including phenoxy) is 1. The van der Waals surface area contributed by atoms with Gasteiger partial charge in [-0.1, -0.05) is 0 Å². The molecule has 118 valence electrons. The molecule has 0 aliphatic carbocycles. The highest BCUT2D eigenvalue weighted by molar-refractivity contribution is 14.1. The molecule has 0 aliphatic heterocycles. The van der Waals surface area contributed by atoms with E-state index in [2.05, 4.69) is 15.5 Å². The number of hydrogen-bond acceptors (Lipinski definition) is 5. The van der Waals surface area contributed by atoms with E-state index in [-0.39, 0.29) is 22.8 Å². The number of anilines is 2. The van der Waals surface area contributed by atoms with Gasteiger partial charge in [0, 0.05) is 9.64 Å². The SMILES string of the molecule is COc1cc2[nH]ncc2c(Nc2ccc(I)cc2F)c1[N+](=O)[O-]. The molecule has 3 rings (SSSR count). The number of nitrogens with one attached hydrogen (secondary N) is 2. The molecular weight excluding hydrogens is 418 g/mol. The van der Waals surface area contributed by atoms with Gasteiger partial charge in [0.25, 0.3) is 0 Å². The van der Waals surface area contributed by atoms with Gasteiger partial charge in [-0.3, -0.25) is 15.2 Å². The Morgan fingerprint density at radius 2 is 2.22 bits per heavy atom. The minimum atomic E-state index is -0.571. The number of fused-ring (bicyclic) bond motifs is 1. The Morgan fingerprint density at radius 1 is 1.43 bits per heavy atom. The summed E-state index contributed by atoms with van der Waals surface area (Å²) in [5.41, 5.74) is 0.516. The smallest absolute Gasteiger partial charge is 0.334 e. The number of rotatable bonds is 4. The van der Waals surface area contributed by atoms with E-state index < -0.39 is 10.7 Å². The molecule has 2 aromatic carbocycles. The van der Waals surface area contributed by atoms with Gasteiger partial charge in [-0.2, -0.15) is 5.10 Å². The second-order valence-electron chi connectivity index (χ2n) is 4.64. The van der Waals surface area contributed by atoms with Crippen LogP contribution in [0.5, 0.6) is 5.75 Å². The van der Waals surface area contributed by atoms with Gasteiger partial charge in [0.1, 0.15) is 11.5 Å². The number of aromatic nitrogens is 2. The maximum atomic E-state index is 14.1. The quantitative estimate of drug-likeness (QED) is 0.373. The van der Waals surface area contributed by atoms with Crippen molar-refractivity contribution in [2.75, 3.05) is 12.4 Å². The molecule has 0 radical (unpaired) electrons. The molecule has 0 amide bonds. The molecule has 3 aromatic rings. The summed E-state index contributed by atoms with van der Waals surface area (Å²) >= 11 is 1.98. The molecule has 0 fully saturated rings. The number of benzene rings is 2. The Labute approximate surface area is 143 Å². The minimum Gasteiger partial charge on any atom is -0.490 e. The number of H-pyrrole nitrogens is 1. The molecule has 0 saturated carbocycles. The highest BCUT2D eigenvalue weighted by Gasteiger charge is 2.26. The third-order valence-electron chi connectivity index (χ3n) is 3.28. The van der Waals surface area contributed by atoms with Gasteiger partial charge in [-0.15, -0.1) is 0 Å². The molecule has 2 N–H and O–H groups in total. The fourth-order valence-electron chi connectivity index (χ4n) is 2.24. The zero-order chi connectivity index (χ0) is 16.6. The summed E-state index contributed by atoms with van der Waals surface area (Å²) in [6, 6.07) is 6.04. The van der Waals surface area contributed by atoms with Gasteiger partial charge < -0.3 is 10.1 Å². The molecule has 23 heavy (non-hydrogen) atoms. The van der Waals surface area contributed by atoms with Crippen LogP contribution in [0.25, 0.3) is 10.9 Å². The highest BCUT2D eigenvalue weighted by atomic mass is 127. The van der Waals surface area contributed by atoms with Crippen molar-refractivity contribution in [3.63, 3.8) is 0 Å². The summed E-state index contributed by atoms with van der Waals surface area (Å²) in [6.07, 6.45) is 1.44. The van der Waals surface area contributed by atoms with Gasteiger partial charge in [-0.05, 0) is 40.8 Å². The molecule has 0 unspecified atom stereocenters. The Balaban J connectivity index is 2.23. The lowest BCUT2D eigenvalue weighted by atomic mass is 10.1. The van der Waals surface area contributed by atoms with Crippen molar-refractivity contribution in [1.82, 2.24) is 10.2 Å². The highest BCUT2D eigenvalue weighted by Crippen LogP contribution is 2.42. The predicted octanol–water partition coefficient (Wildman–Crippen LogP) is 3.97. The Hall–Kier alpha value is -2.43. The number of hydrogen-bond donors (Lipinski definition) is 2. The van der Waals surface area contributed by atoms with Gasteiger partial charge in [0.15, 0.2) is 0 Å². The molecular formula is C14H10FIN4O3. The van der Waals surface area contributed by atoms with E-state index in [1.165, 1.54) is 31.5 Å². The molecule has 0 aliphatic rings. The molecule has 0 spiro atoms. The summed E-state index contributed by atoms with van der Waals surface area (Å²) in [6.45, 7) is 0. The van der Waals surface area contributed by atoms with Crippen molar-refractivity contribution in [3.8, 4) is 5.75 Å². The molecule has 0 atom stereocenters. The van der Waals surface area contributed by atoms with E-state index in [1.807, 2.05) is 22.6 Å². The van der Waals surface area contributed by atoms with Crippen LogP contribution in [-0.2, 0) is 0 Å². The second-order valence-corrected chi connectivity index (χ2v) is 5.89. The van der Waals surface area contributed by atoms with Crippen LogP contribution in [0, 0.1) is 19.5 Å². The number of halogens is 2. The largest absolute Gasteiger partial charge is 0.490 e. The molecule has 1 aromatic heterocycles. The first kappa shape index (κ1) is 15.5. The average Bonchev–Trinajstić information content (AvgIpc) is 2.97. The average molecular weight is 428 g/mol. The summed E-state index contributed by atoms with van der Waals surface area (Å²) in [5.74, 6) is -0.453. The Morgan fingerprint density at radius 3 is 2.87 bits per heavy atom. The van der Waals surface area contributed by atoms with Crippen LogP contribution < -0.4 is 10.1 Å². The van der Waals surface area contributed by atoms with Gasteiger partial charge in [0.2, 0.25) is 5.75 Å². The van der Waals surface area contributed by atoms with E-state index in [9.17, 15) is 14.5 Å². The van der Waals surface area contributed by atoms with Crippen molar-refractivity contribution >= 4 is 50.6 Å². The predicted molar refractivity (Wildman–Crippen MR) is 91.7 cm³/mol. The Bertz CT molecular complexity index is 912. The van der Waals surface area contributed by atoms with E-state index >= 15 is 0 Å². The van der Waals surface area contributed by atoms with Crippen molar-refractivity contribution in [1.29, 1.82) is 0 Å². The van der Waals surface area contributed by atoms with Crippen molar-refractivity contribution < 1.29 is 14.1 Å². The van der Waals surface area contributed by atoms with Gasteiger partial charge >= 0.3 is 5.69 Å². The molecule has 9 heteroatoms. The maximum absolute atomic E-state index is 14.1. The number of methoxy groups -OCH3 is 1. The summed E-state index contributed by atoms with van der Waals surface area (Å²) in [5, 5.41) is 21.3. The van der Waals surface area contributed by atoms with E-state index in [1.54, 1.807) is 6.07 Å². The zero-order valence-corrected chi connectivity index (χ0v) is 13.9. The van der Waals surface area contributed by atoms with E-state index in [4.69, 9.17) is 4.74 Å². The fourth-order valence-corrected chi connectivity index (χ4v) is 2.70. The molecule has 0 saturated heterocycles. The van der Waals surface area contributed by atoms with Crippen LogP contribution >= 0.6 is 22.6 Å². The first-order valence-corrected chi connectivity index (χ1v) is 7.49. The summed E-state index contributed by atoms with van der Waals surface area (Å²) in [4.78, 5) is 10.9. The van der Waals surface area contributed by atoms with E-state index in [0.29, 0.717) is 10.9 Å². The van der Waals surface area contributed by atoms with Crippen LogP contribution in [0.3, 0.4) is 0 Å². The minimum absolute atomic E-state index is 0.0557. The van der Waals surface area contributed by atoms with Crippen molar-refractivity contribution in [2.45, 2.75) is 0 Å².